The summed E-state index contributed by atoms with van der Waals surface area (Å²) in [7, 11) is 0. The van der Waals surface area contributed by atoms with Gasteiger partial charge in [-0.05, 0) is 43.4 Å². The van der Waals surface area contributed by atoms with Gasteiger partial charge in [-0.3, -0.25) is 9.89 Å². The fourth-order valence-electron chi connectivity index (χ4n) is 2.90. The number of H-pyrrole nitrogens is 1. The largest absolute Gasteiger partial charge is 0.348 e. The number of amides is 1. The predicted octanol–water partition coefficient (Wildman–Crippen LogP) is 2.45. The second-order valence-corrected chi connectivity index (χ2v) is 7.08. The summed E-state index contributed by atoms with van der Waals surface area (Å²) in [6.07, 6.45) is 5.40. The normalized spacial score (nSPS) is 23.0. The zero-order valence-corrected chi connectivity index (χ0v) is 12.0. The third-order valence-corrected chi connectivity index (χ3v) is 4.50. The number of nitrogens with one attached hydrogen (secondary N) is 2. The SMILES string of the molecule is CC(C)(C)C1CCc2[nH]nc(C(=O)NC3CC3)c2C1. The lowest BCUT2D eigenvalue weighted by Crippen LogP contribution is -2.30. The second-order valence-electron chi connectivity index (χ2n) is 7.08. The van der Waals surface area contributed by atoms with Gasteiger partial charge in [-0.15, -0.1) is 0 Å². The monoisotopic (exact) mass is 261 g/mol. The van der Waals surface area contributed by atoms with Gasteiger partial charge >= 0.3 is 0 Å². The van der Waals surface area contributed by atoms with Crippen LogP contribution < -0.4 is 5.32 Å². The Kier molecular flexibility index (Phi) is 2.91. The first-order valence-corrected chi connectivity index (χ1v) is 7.32. The van der Waals surface area contributed by atoms with Crippen LogP contribution in [0.25, 0.3) is 0 Å². The minimum atomic E-state index is 0.00885. The van der Waals surface area contributed by atoms with Crippen LogP contribution in [-0.2, 0) is 12.8 Å². The van der Waals surface area contributed by atoms with E-state index in [4.69, 9.17) is 0 Å². The summed E-state index contributed by atoms with van der Waals surface area (Å²) in [4.78, 5) is 12.2. The van der Waals surface area contributed by atoms with Gasteiger partial charge in [-0.2, -0.15) is 5.10 Å². The lowest BCUT2D eigenvalue weighted by molar-refractivity contribution is 0.0944. The standard InChI is InChI=1S/C15H23N3O/c1-15(2,3)9-4-7-12-11(8-9)13(18-17-12)14(19)16-10-5-6-10/h9-10H,4-8H2,1-3H3,(H,16,19)(H,17,18). The van der Waals surface area contributed by atoms with Gasteiger partial charge in [0.15, 0.2) is 5.69 Å². The second kappa shape index (κ2) is 4.36. The molecule has 1 unspecified atom stereocenters. The number of hydrogen-bond donors (Lipinski definition) is 2. The molecule has 0 aromatic carbocycles. The molecule has 2 aliphatic rings. The molecule has 1 saturated carbocycles. The Hall–Kier alpha value is -1.32. The number of carbonyl (C=O) groups is 1. The van der Waals surface area contributed by atoms with Gasteiger partial charge in [0.1, 0.15) is 0 Å². The van der Waals surface area contributed by atoms with Crippen molar-refractivity contribution in [1.29, 1.82) is 0 Å². The number of aryl methyl sites for hydroxylation is 1. The molecule has 1 heterocycles. The molecule has 0 saturated heterocycles. The maximum atomic E-state index is 12.2. The molecule has 4 heteroatoms. The highest BCUT2D eigenvalue weighted by Gasteiger charge is 2.33. The van der Waals surface area contributed by atoms with Gasteiger partial charge in [0.25, 0.3) is 5.91 Å². The van der Waals surface area contributed by atoms with Crippen molar-refractivity contribution < 1.29 is 4.79 Å². The summed E-state index contributed by atoms with van der Waals surface area (Å²) in [5.41, 5.74) is 3.25. The molecule has 2 N–H and O–H groups in total. The average Bonchev–Trinajstić information content (AvgIpc) is 3.04. The fraction of sp³-hybridized carbons (Fsp3) is 0.733. The quantitative estimate of drug-likeness (QED) is 0.859. The van der Waals surface area contributed by atoms with E-state index < -0.39 is 0 Å². The van der Waals surface area contributed by atoms with Gasteiger partial charge in [0, 0.05) is 17.3 Å². The molecule has 104 valence electrons. The van der Waals surface area contributed by atoms with E-state index in [-0.39, 0.29) is 5.91 Å². The molecule has 4 nitrogen and oxygen atoms in total. The molecule has 3 rings (SSSR count). The van der Waals surface area contributed by atoms with Crippen LogP contribution in [0, 0.1) is 11.3 Å². The van der Waals surface area contributed by atoms with Crippen LogP contribution in [0.2, 0.25) is 0 Å². The van der Waals surface area contributed by atoms with Crippen LogP contribution in [-0.4, -0.2) is 22.1 Å². The van der Waals surface area contributed by atoms with Crippen molar-refractivity contribution in [1.82, 2.24) is 15.5 Å². The third kappa shape index (κ3) is 2.53. The molecule has 0 bridgehead atoms. The van der Waals surface area contributed by atoms with E-state index in [1.54, 1.807) is 0 Å². The van der Waals surface area contributed by atoms with Crippen molar-refractivity contribution in [2.75, 3.05) is 0 Å². The Balaban J connectivity index is 1.81. The molecule has 1 fully saturated rings. The maximum Gasteiger partial charge on any atom is 0.272 e. The Morgan fingerprint density at radius 3 is 2.68 bits per heavy atom. The highest BCUT2D eigenvalue weighted by Crippen LogP contribution is 2.37. The maximum absolute atomic E-state index is 12.2. The van der Waals surface area contributed by atoms with Gasteiger partial charge in [0.2, 0.25) is 0 Å². The van der Waals surface area contributed by atoms with Crippen LogP contribution in [0.1, 0.15) is 61.8 Å². The van der Waals surface area contributed by atoms with E-state index in [1.807, 2.05) is 0 Å². The minimum absolute atomic E-state index is 0.00885. The zero-order chi connectivity index (χ0) is 13.6. The number of fused-ring (bicyclic) bond motifs is 1. The number of aromatic amines is 1. The molecule has 1 atom stereocenters. The Labute approximate surface area is 114 Å². The smallest absolute Gasteiger partial charge is 0.272 e. The first-order chi connectivity index (χ1) is 8.95. The van der Waals surface area contributed by atoms with E-state index >= 15 is 0 Å². The molecule has 2 aliphatic carbocycles. The van der Waals surface area contributed by atoms with Crippen LogP contribution in [0.5, 0.6) is 0 Å². The Morgan fingerprint density at radius 2 is 2.05 bits per heavy atom. The van der Waals surface area contributed by atoms with Gasteiger partial charge < -0.3 is 5.32 Å². The number of rotatable bonds is 2. The predicted molar refractivity (Wildman–Crippen MR) is 74.0 cm³/mol. The van der Waals surface area contributed by atoms with Crippen LogP contribution in [0.15, 0.2) is 0 Å². The van der Waals surface area contributed by atoms with E-state index in [0.29, 0.717) is 23.1 Å². The average molecular weight is 261 g/mol. The van der Waals surface area contributed by atoms with Crippen molar-refractivity contribution >= 4 is 5.91 Å². The number of carbonyl (C=O) groups excluding carboxylic acids is 1. The molecule has 0 aliphatic heterocycles. The first kappa shape index (κ1) is 12.7. The molecule has 0 spiro atoms. The lowest BCUT2D eigenvalue weighted by Gasteiger charge is -2.33. The number of nitrogens with zero attached hydrogens (tertiary/aromatic N) is 1. The lowest BCUT2D eigenvalue weighted by atomic mass is 9.71. The molecule has 0 radical (unpaired) electrons. The van der Waals surface area contributed by atoms with E-state index in [1.165, 1.54) is 12.1 Å². The molecule has 19 heavy (non-hydrogen) atoms. The minimum Gasteiger partial charge on any atom is -0.348 e. The molecule has 1 amide bonds. The Bertz CT molecular complexity index is 494. The van der Waals surface area contributed by atoms with Gasteiger partial charge in [0.05, 0.1) is 0 Å². The highest BCUT2D eigenvalue weighted by atomic mass is 16.2. The summed E-state index contributed by atoms with van der Waals surface area (Å²) >= 11 is 0. The van der Waals surface area contributed by atoms with Gasteiger partial charge in [-0.1, -0.05) is 20.8 Å². The van der Waals surface area contributed by atoms with E-state index in [2.05, 4.69) is 36.3 Å². The van der Waals surface area contributed by atoms with Crippen LogP contribution in [0.4, 0.5) is 0 Å². The van der Waals surface area contributed by atoms with E-state index in [0.717, 1.165) is 31.2 Å². The van der Waals surface area contributed by atoms with Crippen molar-refractivity contribution in [3.8, 4) is 0 Å². The van der Waals surface area contributed by atoms with E-state index in [9.17, 15) is 4.79 Å². The topological polar surface area (TPSA) is 57.8 Å². The molecule has 1 aromatic rings. The molecular weight excluding hydrogens is 238 g/mol. The van der Waals surface area contributed by atoms with Crippen molar-refractivity contribution in [3.63, 3.8) is 0 Å². The van der Waals surface area contributed by atoms with Crippen molar-refractivity contribution in [2.45, 2.75) is 58.9 Å². The fourth-order valence-corrected chi connectivity index (χ4v) is 2.90. The van der Waals surface area contributed by atoms with Crippen LogP contribution in [0.3, 0.4) is 0 Å². The van der Waals surface area contributed by atoms with Crippen molar-refractivity contribution in [2.24, 2.45) is 11.3 Å². The Morgan fingerprint density at radius 1 is 1.32 bits per heavy atom. The summed E-state index contributed by atoms with van der Waals surface area (Å²) in [6, 6.07) is 0.391. The summed E-state index contributed by atoms with van der Waals surface area (Å²) in [6.45, 7) is 6.85. The number of aromatic nitrogens is 2. The molecule has 1 aromatic heterocycles. The summed E-state index contributed by atoms with van der Waals surface area (Å²) in [5, 5.41) is 10.4. The highest BCUT2D eigenvalue weighted by molar-refractivity contribution is 5.94. The van der Waals surface area contributed by atoms with Crippen LogP contribution >= 0.6 is 0 Å². The number of hydrogen-bond acceptors (Lipinski definition) is 2. The molecular formula is C15H23N3O. The summed E-state index contributed by atoms with van der Waals surface area (Å²) in [5.74, 6) is 0.639. The first-order valence-electron chi connectivity index (χ1n) is 7.32. The van der Waals surface area contributed by atoms with Crippen molar-refractivity contribution in [3.05, 3.63) is 17.0 Å². The summed E-state index contributed by atoms with van der Waals surface area (Å²) < 4.78 is 0. The zero-order valence-electron chi connectivity index (χ0n) is 12.0. The third-order valence-electron chi connectivity index (χ3n) is 4.50. The van der Waals surface area contributed by atoms with Gasteiger partial charge in [-0.25, -0.2) is 0 Å².